The van der Waals surface area contributed by atoms with Crippen LogP contribution in [0.25, 0.3) is 11.1 Å². The van der Waals surface area contributed by atoms with E-state index in [1.54, 1.807) is 0 Å². The number of amides is 1. The number of hydrogen-bond acceptors (Lipinski definition) is 4. The quantitative estimate of drug-likeness (QED) is 0.835. The van der Waals surface area contributed by atoms with Gasteiger partial charge in [-0.05, 0) is 36.8 Å². The van der Waals surface area contributed by atoms with Crippen molar-refractivity contribution in [2.24, 2.45) is 5.92 Å². The SMILES string of the molecule is Cc1ccc(-c2ccsc2C(=O)N2CCC(C3OCCO3)CC2)cc1. The van der Waals surface area contributed by atoms with Gasteiger partial charge in [-0.1, -0.05) is 29.8 Å². The summed E-state index contributed by atoms with van der Waals surface area (Å²) in [6, 6.07) is 10.4. The van der Waals surface area contributed by atoms with Crippen LogP contribution < -0.4 is 0 Å². The molecule has 1 aromatic carbocycles. The van der Waals surface area contributed by atoms with Crippen LogP contribution in [0, 0.1) is 12.8 Å². The lowest BCUT2D eigenvalue weighted by Gasteiger charge is -2.33. The van der Waals surface area contributed by atoms with Crippen molar-refractivity contribution in [2.75, 3.05) is 26.3 Å². The Morgan fingerprint density at radius 3 is 2.44 bits per heavy atom. The van der Waals surface area contributed by atoms with E-state index < -0.39 is 0 Å². The standard InChI is InChI=1S/C20H23NO3S/c1-14-2-4-15(5-3-14)17-8-13-25-18(17)19(22)21-9-6-16(7-10-21)20-23-11-12-24-20/h2-5,8,13,16,20H,6-7,9-12H2,1H3. The molecular formula is C20H23NO3S. The fourth-order valence-corrected chi connectivity index (χ4v) is 4.49. The van der Waals surface area contributed by atoms with E-state index >= 15 is 0 Å². The maximum Gasteiger partial charge on any atom is 0.264 e. The molecule has 3 heterocycles. The van der Waals surface area contributed by atoms with E-state index in [2.05, 4.69) is 37.3 Å². The number of likely N-dealkylation sites (tertiary alicyclic amines) is 1. The first kappa shape index (κ1) is 16.8. The Labute approximate surface area is 152 Å². The number of ether oxygens (including phenoxy) is 2. The molecule has 0 atom stereocenters. The van der Waals surface area contributed by atoms with Gasteiger partial charge in [-0.2, -0.15) is 0 Å². The number of aryl methyl sites for hydroxylation is 1. The predicted molar refractivity (Wildman–Crippen MR) is 98.8 cm³/mol. The molecule has 132 valence electrons. The van der Waals surface area contributed by atoms with Gasteiger partial charge in [-0.15, -0.1) is 11.3 Å². The van der Waals surface area contributed by atoms with E-state index in [9.17, 15) is 4.79 Å². The summed E-state index contributed by atoms with van der Waals surface area (Å²) >= 11 is 1.54. The third kappa shape index (κ3) is 3.50. The number of piperidine rings is 1. The molecule has 0 spiro atoms. The highest BCUT2D eigenvalue weighted by molar-refractivity contribution is 7.12. The first-order valence-electron chi connectivity index (χ1n) is 8.89. The molecular weight excluding hydrogens is 334 g/mol. The average molecular weight is 357 g/mol. The second-order valence-electron chi connectivity index (χ2n) is 6.77. The van der Waals surface area contributed by atoms with Gasteiger partial charge in [-0.25, -0.2) is 0 Å². The van der Waals surface area contributed by atoms with Crippen molar-refractivity contribution >= 4 is 17.2 Å². The van der Waals surface area contributed by atoms with Gasteiger partial charge in [-0.3, -0.25) is 4.79 Å². The van der Waals surface area contributed by atoms with Gasteiger partial charge in [0.25, 0.3) is 5.91 Å². The van der Waals surface area contributed by atoms with Crippen molar-refractivity contribution in [3.63, 3.8) is 0 Å². The Bertz CT molecular complexity index is 726. The number of nitrogens with zero attached hydrogens (tertiary/aromatic N) is 1. The summed E-state index contributed by atoms with van der Waals surface area (Å²) in [6.07, 6.45) is 1.82. The zero-order valence-electron chi connectivity index (χ0n) is 14.4. The predicted octanol–water partition coefficient (Wildman–Crippen LogP) is 3.95. The minimum Gasteiger partial charge on any atom is -0.350 e. The number of carbonyl (C=O) groups is 1. The number of benzene rings is 1. The molecule has 1 amide bonds. The molecule has 4 nitrogen and oxygen atoms in total. The van der Waals surface area contributed by atoms with Crippen LogP contribution in [-0.2, 0) is 9.47 Å². The number of hydrogen-bond donors (Lipinski definition) is 0. The van der Waals surface area contributed by atoms with E-state index in [4.69, 9.17) is 9.47 Å². The number of carbonyl (C=O) groups excluding carboxylic acids is 1. The molecule has 25 heavy (non-hydrogen) atoms. The van der Waals surface area contributed by atoms with Gasteiger partial charge >= 0.3 is 0 Å². The van der Waals surface area contributed by atoms with Gasteiger partial charge in [0.05, 0.1) is 18.1 Å². The smallest absolute Gasteiger partial charge is 0.264 e. The first-order chi connectivity index (χ1) is 12.2. The molecule has 0 saturated carbocycles. The molecule has 2 aliphatic heterocycles. The highest BCUT2D eigenvalue weighted by atomic mass is 32.1. The zero-order valence-corrected chi connectivity index (χ0v) is 15.3. The van der Waals surface area contributed by atoms with Gasteiger partial charge < -0.3 is 14.4 Å². The summed E-state index contributed by atoms with van der Waals surface area (Å²) in [5.41, 5.74) is 3.38. The third-order valence-corrected chi connectivity index (χ3v) is 5.98. The largest absolute Gasteiger partial charge is 0.350 e. The fourth-order valence-electron chi connectivity index (χ4n) is 3.60. The molecule has 0 unspecified atom stereocenters. The molecule has 0 aliphatic carbocycles. The first-order valence-corrected chi connectivity index (χ1v) is 9.77. The maximum atomic E-state index is 13.0. The summed E-state index contributed by atoms with van der Waals surface area (Å²) in [4.78, 5) is 15.8. The van der Waals surface area contributed by atoms with Crippen molar-refractivity contribution < 1.29 is 14.3 Å². The van der Waals surface area contributed by atoms with Gasteiger partial charge in [0.15, 0.2) is 6.29 Å². The summed E-state index contributed by atoms with van der Waals surface area (Å²) in [5, 5.41) is 2.01. The van der Waals surface area contributed by atoms with E-state index in [-0.39, 0.29) is 12.2 Å². The average Bonchev–Trinajstić information content (AvgIpc) is 3.34. The molecule has 0 N–H and O–H groups in total. The van der Waals surface area contributed by atoms with E-state index in [0.717, 1.165) is 41.9 Å². The van der Waals surface area contributed by atoms with Crippen LogP contribution in [0.2, 0.25) is 0 Å². The van der Waals surface area contributed by atoms with Crippen molar-refractivity contribution in [1.82, 2.24) is 4.90 Å². The Balaban J connectivity index is 1.45. The van der Waals surface area contributed by atoms with Crippen molar-refractivity contribution in [3.8, 4) is 11.1 Å². The van der Waals surface area contributed by atoms with Crippen LogP contribution in [0.4, 0.5) is 0 Å². The van der Waals surface area contributed by atoms with E-state index in [1.165, 1.54) is 16.9 Å². The molecule has 4 rings (SSSR count). The molecule has 0 bridgehead atoms. The van der Waals surface area contributed by atoms with Gasteiger partial charge in [0.2, 0.25) is 0 Å². The maximum absolute atomic E-state index is 13.0. The normalized spacial score (nSPS) is 19.5. The Hall–Kier alpha value is -1.69. The molecule has 2 saturated heterocycles. The van der Waals surface area contributed by atoms with Crippen molar-refractivity contribution in [3.05, 3.63) is 46.2 Å². The van der Waals surface area contributed by atoms with Crippen LogP contribution >= 0.6 is 11.3 Å². The van der Waals surface area contributed by atoms with Crippen LogP contribution in [0.5, 0.6) is 0 Å². The molecule has 2 aliphatic rings. The lowest BCUT2D eigenvalue weighted by Crippen LogP contribution is -2.41. The number of thiophene rings is 1. The molecule has 2 fully saturated rings. The summed E-state index contributed by atoms with van der Waals surface area (Å²) in [7, 11) is 0. The lowest BCUT2D eigenvalue weighted by atomic mass is 9.95. The Morgan fingerprint density at radius 1 is 1.08 bits per heavy atom. The Morgan fingerprint density at radius 2 is 1.76 bits per heavy atom. The second kappa shape index (κ2) is 7.28. The zero-order chi connectivity index (χ0) is 17.2. The minimum absolute atomic E-state index is 0.0675. The fraction of sp³-hybridized carbons (Fsp3) is 0.450. The van der Waals surface area contributed by atoms with E-state index in [0.29, 0.717) is 19.1 Å². The summed E-state index contributed by atoms with van der Waals surface area (Å²) in [5.74, 6) is 0.559. The van der Waals surface area contributed by atoms with Crippen molar-refractivity contribution in [2.45, 2.75) is 26.1 Å². The van der Waals surface area contributed by atoms with Crippen molar-refractivity contribution in [1.29, 1.82) is 0 Å². The monoisotopic (exact) mass is 357 g/mol. The summed E-state index contributed by atoms with van der Waals surface area (Å²) in [6.45, 7) is 5.01. The van der Waals surface area contributed by atoms with Crippen LogP contribution in [0.1, 0.15) is 28.1 Å². The van der Waals surface area contributed by atoms with Gasteiger partial charge in [0, 0.05) is 24.6 Å². The molecule has 0 radical (unpaired) electrons. The van der Waals surface area contributed by atoms with Gasteiger partial charge in [0.1, 0.15) is 0 Å². The lowest BCUT2D eigenvalue weighted by molar-refractivity contribution is -0.0955. The summed E-state index contributed by atoms with van der Waals surface area (Å²) < 4.78 is 11.2. The molecule has 1 aromatic heterocycles. The highest BCUT2D eigenvalue weighted by Crippen LogP contribution is 2.32. The third-order valence-electron chi connectivity index (χ3n) is 5.08. The van der Waals surface area contributed by atoms with Crippen LogP contribution in [-0.4, -0.2) is 43.4 Å². The highest BCUT2D eigenvalue weighted by Gasteiger charge is 2.32. The molecule has 5 heteroatoms. The van der Waals surface area contributed by atoms with Crippen LogP contribution in [0.15, 0.2) is 35.7 Å². The number of rotatable bonds is 3. The molecule has 2 aromatic rings. The van der Waals surface area contributed by atoms with Crippen LogP contribution in [0.3, 0.4) is 0 Å². The second-order valence-corrected chi connectivity index (χ2v) is 7.69. The topological polar surface area (TPSA) is 38.8 Å². The van der Waals surface area contributed by atoms with E-state index in [1.807, 2.05) is 10.3 Å². The minimum atomic E-state index is -0.0675. The Kier molecular flexibility index (Phi) is 4.88.